The second-order valence-electron chi connectivity index (χ2n) is 3.99. The average molecular weight is 213 g/mol. The fraction of sp³-hybridized carbons (Fsp3) is 0.500. The van der Waals surface area contributed by atoms with Gasteiger partial charge in [0.05, 0.1) is 0 Å². The predicted molar refractivity (Wildman–Crippen MR) is 57.6 cm³/mol. The monoisotopic (exact) mass is 213 g/mol. The van der Waals surface area contributed by atoms with Gasteiger partial charge < -0.3 is 5.73 Å². The molecule has 0 fully saturated rings. The molecule has 0 aromatic heterocycles. The van der Waals surface area contributed by atoms with Gasteiger partial charge in [-0.05, 0) is 37.0 Å². The van der Waals surface area contributed by atoms with Gasteiger partial charge in [0.2, 0.25) is 0 Å². The summed E-state index contributed by atoms with van der Waals surface area (Å²) < 4.78 is 25.6. The highest BCUT2D eigenvalue weighted by atomic mass is 19.2. The summed E-state index contributed by atoms with van der Waals surface area (Å²) in [4.78, 5) is 0. The fourth-order valence-corrected chi connectivity index (χ4v) is 1.56. The zero-order chi connectivity index (χ0) is 11.5. The standard InChI is InChI=1S/C12H17F2N/c1-3-12(15,4-2)8-9-5-6-10(13)11(14)7-9/h5-7H,3-4,8,15H2,1-2H3. The van der Waals surface area contributed by atoms with Crippen LogP contribution in [0.5, 0.6) is 0 Å². The Kier molecular flexibility index (Phi) is 3.80. The number of hydrogen-bond acceptors (Lipinski definition) is 1. The van der Waals surface area contributed by atoms with Crippen LogP contribution in [0, 0.1) is 11.6 Å². The van der Waals surface area contributed by atoms with E-state index < -0.39 is 11.6 Å². The summed E-state index contributed by atoms with van der Waals surface area (Å²) in [5.41, 5.74) is 6.54. The SMILES string of the molecule is CCC(N)(CC)Cc1ccc(F)c(F)c1. The number of rotatable bonds is 4. The van der Waals surface area contributed by atoms with Crippen LogP contribution in [0.15, 0.2) is 18.2 Å². The van der Waals surface area contributed by atoms with Crippen LogP contribution in [-0.2, 0) is 6.42 Å². The first kappa shape index (κ1) is 12.1. The van der Waals surface area contributed by atoms with Crippen molar-refractivity contribution in [2.75, 3.05) is 0 Å². The van der Waals surface area contributed by atoms with Gasteiger partial charge in [0.1, 0.15) is 0 Å². The molecule has 0 bridgehead atoms. The molecule has 0 aliphatic rings. The molecule has 0 radical (unpaired) electrons. The van der Waals surface area contributed by atoms with E-state index in [4.69, 9.17) is 5.73 Å². The smallest absolute Gasteiger partial charge is 0.159 e. The Morgan fingerprint density at radius 1 is 1.13 bits per heavy atom. The molecule has 1 nitrogen and oxygen atoms in total. The number of halogens is 2. The van der Waals surface area contributed by atoms with Crippen molar-refractivity contribution in [1.82, 2.24) is 0 Å². The lowest BCUT2D eigenvalue weighted by atomic mass is 9.87. The third kappa shape index (κ3) is 2.99. The molecule has 0 atom stereocenters. The van der Waals surface area contributed by atoms with Crippen LogP contribution in [0.1, 0.15) is 32.3 Å². The van der Waals surface area contributed by atoms with Crippen molar-refractivity contribution in [2.24, 2.45) is 5.73 Å². The number of benzene rings is 1. The molecule has 15 heavy (non-hydrogen) atoms. The fourth-order valence-electron chi connectivity index (χ4n) is 1.56. The minimum atomic E-state index is -0.811. The Balaban J connectivity index is 2.85. The van der Waals surface area contributed by atoms with Gasteiger partial charge in [-0.2, -0.15) is 0 Å². The molecule has 0 heterocycles. The van der Waals surface area contributed by atoms with Gasteiger partial charge in [-0.1, -0.05) is 19.9 Å². The van der Waals surface area contributed by atoms with E-state index in [9.17, 15) is 8.78 Å². The van der Waals surface area contributed by atoms with Gasteiger partial charge in [-0.3, -0.25) is 0 Å². The molecule has 0 saturated heterocycles. The summed E-state index contributed by atoms with van der Waals surface area (Å²) >= 11 is 0. The number of hydrogen-bond donors (Lipinski definition) is 1. The normalized spacial score (nSPS) is 11.8. The van der Waals surface area contributed by atoms with Crippen molar-refractivity contribution in [2.45, 2.75) is 38.6 Å². The van der Waals surface area contributed by atoms with Crippen LogP contribution < -0.4 is 5.73 Å². The lowest BCUT2D eigenvalue weighted by Crippen LogP contribution is -2.40. The minimum Gasteiger partial charge on any atom is -0.325 e. The van der Waals surface area contributed by atoms with Gasteiger partial charge >= 0.3 is 0 Å². The summed E-state index contributed by atoms with van der Waals surface area (Å²) in [5.74, 6) is -1.61. The molecule has 0 spiro atoms. The lowest BCUT2D eigenvalue weighted by Gasteiger charge is -2.26. The molecule has 0 saturated carbocycles. The molecule has 1 aromatic carbocycles. The molecule has 0 aliphatic carbocycles. The van der Waals surface area contributed by atoms with Crippen LogP contribution in [0.3, 0.4) is 0 Å². The quantitative estimate of drug-likeness (QED) is 0.817. The first-order valence-electron chi connectivity index (χ1n) is 5.23. The van der Waals surface area contributed by atoms with Crippen LogP contribution in [0.2, 0.25) is 0 Å². The van der Waals surface area contributed by atoms with Crippen molar-refractivity contribution >= 4 is 0 Å². The molecular weight excluding hydrogens is 196 g/mol. The molecule has 1 aromatic rings. The van der Waals surface area contributed by atoms with Crippen molar-refractivity contribution in [3.05, 3.63) is 35.4 Å². The maximum absolute atomic E-state index is 12.9. The molecule has 0 unspecified atom stereocenters. The minimum absolute atomic E-state index is 0.315. The second-order valence-corrected chi connectivity index (χ2v) is 3.99. The van der Waals surface area contributed by atoms with Gasteiger partial charge in [0, 0.05) is 5.54 Å². The number of nitrogens with two attached hydrogens (primary N) is 1. The van der Waals surface area contributed by atoms with Crippen LogP contribution >= 0.6 is 0 Å². The van der Waals surface area contributed by atoms with Crippen LogP contribution in [0.4, 0.5) is 8.78 Å². The van der Waals surface area contributed by atoms with Gasteiger partial charge in [-0.15, -0.1) is 0 Å². The van der Waals surface area contributed by atoms with E-state index in [1.807, 2.05) is 13.8 Å². The van der Waals surface area contributed by atoms with E-state index in [1.54, 1.807) is 6.07 Å². The van der Waals surface area contributed by atoms with E-state index in [0.717, 1.165) is 24.5 Å². The summed E-state index contributed by atoms with van der Waals surface area (Å²) in [6, 6.07) is 3.96. The third-order valence-electron chi connectivity index (χ3n) is 2.95. The zero-order valence-electron chi connectivity index (χ0n) is 9.19. The highest BCUT2D eigenvalue weighted by molar-refractivity contribution is 5.20. The van der Waals surface area contributed by atoms with E-state index in [1.165, 1.54) is 6.07 Å². The Morgan fingerprint density at radius 3 is 2.20 bits per heavy atom. The Morgan fingerprint density at radius 2 is 1.73 bits per heavy atom. The van der Waals surface area contributed by atoms with Crippen molar-refractivity contribution in [3.8, 4) is 0 Å². The summed E-state index contributed by atoms with van der Waals surface area (Å²) in [5, 5.41) is 0. The Bertz CT molecular complexity index is 332. The summed E-state index contributed by atoms with van der Waals surface area (Å²) in [6.07, 6.45) is 2.22. The molecular formula is C12H17F2N. The summed E-state index contributed by atoms with van der Waals surface area (Å²) in [7, 11) is 0. The maximum Gasteiger partial charge on any atom is 0.159 e. The second kappa shape index (κ2) is 4.71. The van der Waals surface area contributed by atoms with Gasteiger partial charge in [0.15, 0.2) is 11.6 Å². The van der Waals surface area contributed by atoms with Gasteiger partial charge in [-0.25, -0.2) is 8.78 Å². The molecule has 0 amide bonds. The van der Waals surface area contributed by atoms with Crippen molar-refractivity contribution < 1.29 is 8.78 Å². The van der Waals surface area contributed by atoms with Crippen molar-refractivity contribution in [1.29, 1.82) is 0 Å². The van der Waals surface area contributed by atoms with E-state index >= 15 is 0 Å². The molecule has 84 valence electrons. The van der Waals surface area contributed by atoms with Crippen molar-refractivity contribution in [3.63, 3.8) is 0 Å². The van der Waals surface area contributed by atoms with E-state index in [2.05, 4.69) is 0 Å². The highest BCUT2D eigenvalue weighted by Crippen LogP contribution is 2.19. The van der Waals surface area contributed by atoms with Crippen LogP contribution in [-0.4, -0.2) is 5.54 Å². The average Bonchev–Trinajstić information content (AvgIpc) is 2.23. The first-order valence-corrected chi connectivity index (χ1v) is 5.23. The Labute approximate surface area is 89.3 Å². The Hall–Kier alpha value is -0.960. The lowest BCUT2D eigenvalue weighted by molar-refractivity contribution is 0.392. The van der Waals surface area contributed by atoms with Crippen LogP contribution in [0.25, 0.3) is 0 Å². The largest absolute Gasteiger partial charge is 0.325 e. The van der Waals surface area contributed by atoms with Gasteiger partial charge in [0.25, 0.3) is 0 Å². The molecule has 3 heteroatoms. The molecule has 0 aliphatic heterocycles. The summed E-state index contributed by atoms with van der Waals surface area (Å²) in [6.45, 7) is 4.01. The third-order valence-corrected chi connectivity index (χ3v) is 2.95. The maximum atomic E-state index is 12.9. The first-order chi connectivity index (χ1) is 7.00. The van der Waals surface area contributed by atoms with E-state index in [-0.39, 0.29) is 5.54 Å². The molecule has 2 N–H and O–H groups in total. The highest BCUT2D eigenvalue weighted by Gasteiger charge is 2.21. The topological polar surface area (TPSA) is 26.0 Å². The molecule has 1 rings (SSSR count). The zero-order valence-corrected chi connectivity index (χ0v) is 9.19. The van der Waals surface area contributed by atoms with E-state index in [0.29, 0.717) is 6.42 Å². The predicted octanol–water partition coefficient (Wildman–Crippen LogP) is 3.02.